The van der Waals surface area contributed by atoms with Gasteiger partial charge in [0.15, 0.2) is 5.78 Å². The Balaban J connectivity index is 2.05. The Morgan fingerprint density at radius 1 is 0.958 bits per heavy atom. The molecule has 2 rings (SSSR count). The molecule has 0 fully saturated rings. The molecule has 0 heterocycles. The molecule has 3 nitrogen and oxygen atoms in total. The molecule has 0 saturated carbocycles. The van der Waals surface area contributed by atoms with Crippen LogP contribution >= 0.6 is 0 Å². The van der Waals surface area contributed by atoms with Crippen LogP contribution in [0.4, 0.5) is 0 Å². The monoisotopic (exact) mass is 322 g/mol. The number of carbonyl (C=O) groups is 2. The molecule has 3 heteroatoms. The molecule has 0 aliphatic carbocycles. The van der Waals surface area contributed by atoms with Gasteiger partial charge in [0.2, 0.25) is 0 Å². The van der Waals surface area contributed by atoms with Crippen LogP contribution in [-0.2, 0) is 6.42 Å². The van der Waals surface area contributed by atoms with Gasteiger partial charge in [0.1, 0.15) is 0 Å². The minimum atomic E-state index is -1.09. The van der Waals surface area contributed by atoms with Crippen LogP contribution in [0, 0.1) is 0 Å². The lowest BCUT2D eigenvalue weighted by Gasteiger charge is -2.02. The van der Waals surface area contributed by atoms with E-state index in [4.69, 9.17) is 5.11 Å². The summed E-state index contributed by atoms with van der Waals surface area (Å²) in [7, 11) is 0. The van der Waals surface area contributed by atoms with E-state index in [9.17, 15) is 9.59 Å². The van der Waals surface area contributed by atoms with Crippen molar-refractivity contribution in [1.29, 1.82) is 0 Å². The fourth-order valence-corrected chi connectivity index (χ4v) is 2.52. The molecule has 0 aromatic heterocycles. The Labute approximate surface area is 142 Å². The van der Waals surface area contributed by atoms with Crippen molar-refractivity contribution in [1.82, 2.24) is 0 Å². The number of hydrogen-bond acceptors (Lipinski definition) is 2. The number of carboxylic acid groups (broad SMARTS) is 1. The first-order valence-corrected chi connectivity index (χ1v) is 8.25. The molecule has 1 N–H and O–H groups in total. The topological polar surface area (TPSA) is 54.4 Å². The van der Waals surface area contributed by atoms with Gasteiger partial charge in [-0.25, -0.2) is 4.79 Å². The maximum atomic E-state index is 12.2. The highest BCUT2D eigenvalue weighted by Gasteiger charge is 2.13. The van der Waals surface area contributed by atoms with E-state index in [0.29, 0.717) is 0 Å². The number of carboxylic acids is 1. The van der Waals surface area contributed by atoms with E-state index in [1.807, 2.05) is 12.1 Å². The summed E-state index contributed by atoms with van der Waals surface area (Å²) in [4.78, 5) is 23.4. The minimum Gasteiger partial charge on any atom is -0.478 e. The smallest absolute Gasteiger partial charge is 0.336 e. The lowest BCUT2D eigenvalue weighted by molar-refractivity contribution is 0.0693. The first-order valence-electron chi connectivity index (χ1n) is 8.25. The van der Waals surface area contributed by atoms with Crippen molar-refractivity contribution in [3.8, 4) is 0 Å². The summed E-state index contributed by atoms with van der Waals surface area (Å²) in [5.41, 5.74) is 2.45. The molecular weight excluding hydrogens is 300 g/mol. The van der Waals surface area contributed by atoms with E-state index in [0.717, 1.165) is 12.0 Å². The first-order chi connectivity index (χ1) is 11.6. The summed E-state index contributed by atoms with van der Waals surface area (Å²) >= 11 is 0. The Bertz CT molecular complexity index is 727. The van der Waals surface area contributed by atoms with E-state index < -0.39 is 5.97 Å². The van der Waals surface area contributed by atoms with Gasteiger partial charge >= 0.3 is 5.97 Å². The SMILES string of the molecule is CCCCCc1ccc(C=CC(=O)c2ccccc2C(=O)O)cc1. The van der Waals surface area contributed by atoms with E-state index in [-0.39, 0.29) is 16.9 Å². The molecule has 0 unspecified atom stereocenters. The number of carbonyl (C=O) groups excluding carboxylic acids is 1. The maximum Gasteiger partial charge on any atom is 0.336 e. The molecule has 0 aliphatic heterocycles. The molecule has 0 aliphatic rings. The van der Waals surface area contributed by atoms with Gasteiger partial charge < -0.3 is 5.11 Å². The third-order valence-electron chi connectivity index (χ3n) is 3.90. The third-order valence-corrected chi connectivity index (χ3v) is 3.90. The molecule has 0 amide bonds. The number of unbranched alkanes of at least 4 members (excludes halogenated alkanes) is 2. The molecule has 2 aromatic rings. The van der Waals surface area contributed by atoms with E-state index in [1.54, 1.807) is 18.2 Å². The maximum absolute atomic E-state index is 12.2. The highest BCUT2D eigenvalue weighted by Crippen LogP contribution is 2.13. The molecule has 0 bridgehead atoms. The highest BCUT2D eigenvalue weighted by atomic mass is 16.4. The van der Waals surface area contributed by atoms with Crippen LogP contribution < -0.4 is 0 Å². The Kier molecular flexibility index (Phi) is 6.50. The zero-order valence-corrected chi connectivity index (χ0v) is 13.9. The summed E-state index contributed by atoms with van der Waals surface area (Å²) in [5.74, 6) is -1.40. The van der Waals surface area contributed by atoms with Gasteiger partial charge in [-0.05, 0) is 36.1 Å². The van der Waals surface area contributed by atoms with Gasteiger partial charge in [-0.15, -0.1) is 0 Å². The fourth-order valence-electron chi connectivity index (χ4n) is 2.52. The number of aryl methyl sites for hydroxylation is 1. The molecule has 0 spiro atoms. The van der Waals surface area contributed by atoms with Crippen LogP contribution in [0.25, 0.3) is 6.08 Å². The van der Waals surface area contributed by atoms with E-state index >= 15 is 0 Å². The Morgan fingerprint density at radius 3 is 2.25 bits per heavy atom. The summed E-state index contributed by atoms with van der Waals surface area (Å²) < 4.78 is 0. The minimum absolute atomic E-state index is 0.0263. The van der Waals surface area contributed by atoms with Crippen molar-refractivity contribution >= 4 is 17.8 Å². The van der Waals surface area contributed by atoms with Gasteiger partial charge in [-0.1, -0.05) is 68.3 Å². The predicted octanol–water partition coefficient (Wildman–Crippen LogP) is 5.01. The largest absolute Gasteiger partial charge is 0.478 e. The first kappa shape index (κ1) is 17.7. The molecule has 2 aromatic carbocycles. The van der Waals surface area contributed by atoms with Crippen molar-refractivity contribution < 1.29 is 14.7 Å². The predicted molar refractivity (Wildman–Crippen MR) is 96.4 cm³/mol. The molecule has 124 valence electrons. The summed E-state index contributed by atoms with van der Waals surface area (Å²) in [6.45, 7) is 2.19. The summed E-state index contributed by atoms with van der Waals surface area (Å²) in [6, 6.07) is 14.4. The van der Waals surface area contributed by atoms with Crippen LogP contribution in [0.15, 0.2) is 54.6 Å². The zero-order valence-electron chi connectivity index (χ0n) is 13.9. The average molecular weight is 322 g/mol. The van der Waals surface area contributed by atoms with Crippen molar-refractivity contribution in [2.24, 2.45) is 0 Å². The number of hydrogen-bond donors (Lipinski definition) is 1. The number of benzene rings is 2. The molecule has 0 saturated heterocycles. The normalized spacial score (nSPS) is 10.9. The molecule has 0 radical (unpaired) electrons. The van der Waals surface area contributed by atoms with Crippen LogP contribution in [-0.4, -0.2) is 16.9 Å². The second-order valence-corrected chi connectivity index (χ2v) is 5.75. The average Bonchev–Trinajstić information content (AvgIpc) is 2.61. The zero-order chi connectivity index (χ0) is 17.4. The molecule has 24 heavy (non-hydrogen) atoms. The fraction of sp³-hybridized carbons (Fsp3) is 0.238. The van der Waals surface area contributed by atoms with Crippen molar-refractivity contribution in [2.45, 2.75) is 32.6 Å². The third kappa shape index (κ3) is 4.92. The second-order valence-electron chi connectivity index (χ2n) is 5.75. The number of ketones is 1. The van der Waals surface area contributed by atoms with Gasteiger partial charge in [0.05, 0.1) is 5.56 Å². The lowest BCUT2D eigenvalue weighted by atomic mass is 10.0. The number of allylic oxidation sites excluding steroid dienone is 1. The van der Waals surface area contributed by atoms with Gasteiger partial charge in [0, 0.05) is 5.56 Å². The highest BCUT2D eigenvalue weighted by molar-refractivity contribution is 6.12. The lowest BCUT2D eigenvalue weighted by Crippen LogP contribution is -2.06. The standard InChI is InChI=1S/C21H22O3/c1-2-3-4-7-16-10-12-17(13-11-16)14-15-20(22)18-8-5-6-9-19(18)21(23)24/h5-6,8-15H,2-4,7H2,1H3,(H,23,24). The summed E-state index contributed by atoms with van der Waals surface area (Å²) in [6.07, 6.45) is 7.85. The van der Waals surface area contributed by atoms with Crippen molar-refractivity contribution in [2.75, 3.05) is 0 Å². The van der Waals surface area contributed by atoms with Crippen molar-refractivity contribution in [3.63, 3.8) is 0 Å². The van der Waals surface area contributed by atoms with E-state index in [2.05, 4.69) is 19.1 Å². The van der Waals surface area contributed by atoms with Gasteiger partial charge in [-0.2, -0.15) is 0 Å². The molecular formula is C21H22O3. The van der Waals surface area contributed by atoms with Crippen LogP contribution in [0.2, 0.25) is 0 Å². The summed E-state index contributed by atoms with van der Waals surface area (Å²) in [5, 5.41) is 9.14. The number of aromatic carboxylic acids is 1. The number of rotatable bonds is 8. The van der Waals surface area contributed by atoms with Crippen molar-refractivity contribution in [3.05, 3.63) is 76.9 Å². The second kappa shape index (κ2) is 8.82. The Morgan fingerprint density at radius 2 is 1.62 bits per heavy atom. The van der Waals surface area contributed by atoms with Gasteiger partial charge in [0.25, 0.3) is 0 Å². The van der Waals surface area contributed by atoms with Crippen LogP contribution in [0.5, 0.6) is 0 Å². The van der Waals surface area contributed by atoms with Crippen LogP contribution in [0.1, 0.15) is 58.0 Å². The quantitative estimate of drug-likeness (QED) is 0.422. The van der Waals surface area contributed by atoms with E-state index in [1.165, 1.54) is 43.0 Å². The van der Waals surface area contributed by atoms with Gasteiger partial charge in [-0.3, -0.25) is 4.79 Å². The van der Waals surface area contributed by atoms with Crippen LogP contribution in [0.3, 0.4) is 0 Å². The molecule has 0 atom stereocenters. The Hall–Kier alpha value is -2.68.